The van der Waals surface area contributed by atoms with Crippen LogP contribution in [-0.2, 0) is 23.8 Å². The first-order valence-corrected chi connectivity index (χ1v) is 8.80. The largest absolute Gasteiger partial charge is 0.379 e. The zero-order valence-corrected chi connectivity index (χ0v) is 16.4. The van der Waals surface area contributed by atoms with Crippen molar-refractivity contribution in [1.82, 2.24) is 0 Å². The van der Waals surface area contributed by atoms with Crippen LogP contribution in [0.1, 0.15) is 60.8 Å². The second kappa shape index (κ2) is 11.7. The summed E-state index contributed by atoms with van der Waals surface area (Å²) in [7, 11) is 0. The zero-order valence-electron chi connectivity index (χ0n) is 16.4. The van der Waals surface area contributed by atoms with E-state index in [4.69, 9.17) is 14.2 Å². The molecule has 5 nitrogen and oxygen atoms in total. The first-order valence-electron chi connectivity index (χ1n) is 8.80. The molecule has 0 aliphatic carbocycles. The van der Waals surface area contributed by atoms with Crippen LogP contribution >= 0.6 is 0 Å². The number of hydrogen-bond acceptors (Lipinski definition) is 5. The summed E-state index contributed by atoms with van der Waals surface area (Å²) in [5.74, 6) is 0.385. The fraction of sp³-hybridized carbons (Fsp3) is 0.895. The highest BCUT2D eigenvalue weighted by molar-refractivity contribution is 5.83. The van der Waals surface area contributed by atoms with Gasteiger partial charge in [-0.3, -0.25) is 9.59 Å². The number of ketones is 2. The lowest BCUT2D eigenvalue weighted by Gasteiger charge is -2.16. The van der Waals surface area contributed by atoms with Gasteiger partial charge in [0.1, 0.15) is 12.4 Å². The maximum atomic E-state index is 11.7. The number of Topliss-reactive ketones (excluding diaryl/α,β-unsaturated/α-hetero) is 2. The Morgan fingerprint density at radius 3 is 1.75 bits per heavy atom. The smallest absolute Gasteiger partial charge is 0.158 e. The summed E-state index contributed by atoms with van der Waals surface area (Å²) in [5, 5.41) is 0. The first kappa shape index (κ1) is 23.2. The molecule has 0 bridgehead atoms. The Labute approximate surface area is 147 Å². The molecule has 0 radical (unpaired) electrons. The van der Waals surface area contributed by atoms with Crippen molar-refractivity contribution in [1.29, 1.82) is 0 Å². The molecule has 0 saturated heterocycles. The van der Waals surface area contributed by atoms with Gasteiger partial charge in [0.15, 0.2) is 5.78 Å². The van der Waals surface area contributed by atoms with E-state index < -0.39 is 0 Å². The molecule has 0 unspecified atom stereocenters. The molecule has 0 spiro atoms. The molecular formula is C19H36O5. The number of ether oxygens (including phenoxy) is 3. The summed E-state index contributed by atoms with van der Waals surface area (Å²) in [6, 6.07) is 0. The molecule has 0 heterocycles. The van der Waals surface area contributed by atoms with Gasteiger partial charge in [-0.05, 0) is 11.8 Å². The van der Waals surface area contributed by atoms with E-state index in [-0.39, 0.29) is 29.0 Å². The third kappa shape index (κ3) is 14.8. The highest BCUT2D eigenvalue weighted by Crippen LogP contribution is 2.18. The van der Waals surface area contributed by atoms with Gasteiger partial charge in [-0.25, -0.2) is 0 Å². The molecule has 0 N–H and O–H groups in total. The minimum absolute atomic E-state index is 0.00573. The molecule has 142 valence electrons. The van der Waals surface area contributed by atoms with Crippen LogP contribution in [0.3, 0.4) is 0 Å². The molecule has 5 heteroatoms. The lowest BCUT2D eigenvalue weighted by atomic mass is 9.88. The maximum Gasteiger partial charge on any atom is 0.158 e. The molecule has 0 aliphatic heterocycles. The van der Waals surface area contributed by atoms with Gasteiger partial charge >= 0.3 is 0 Å². The Balaban J connectivity index is 3.35. The summed E-state index contributed by atoms with van der Waals surface area (Å²) in [6.45, 7) is 14.5. The SMILES string of the molecule is CC(C)(C)CC(=O)COCCOCCOCCCC(=O)C(C)(C)C. The average molecular weight is 344 g/mol. The zero-order chi connectivity index (χ0) is 18.6. The Morgan fingerprint density at radius 1 is 0.750 bits per heavy atom. The van der Waals surface area contributed by atoms with Crippen LogP contribution in [0.15, 0.2) is 0 Å². The molecular weight excluding hydrogens is 308 g/mol. The van der Waals surface area contributed by atoms with Crippen LogP contribution in [0.25, 0.3) is 0 Å². The van der Waals surface area contributed by atoms with Gasteiger partial charge < -0.3 is 14.2 Å². The molecule has 0 aliphatic rings. The van der Waals surface area contributed by atoms with E-state index >= 15 is 0 Å². The third-order valence-corrected chi connectivity index (χ3v) is 3.26. The predicted octanol–water partition coefficient (Wildman–Crippen LogP) is 3.44. The van der Waals surface area contributed by atoms with E-state index in [0.29, 0.717) is 45.9 Å². The Morgan fingerprint density at radius 2 is 1.25 bits per heavy atom. The van der Waals surface area contributed by atoms with Crippen LogP contribution < -0.4 is 0 Å². The molecule has 0 aromatic carbocycles. The minimum Gasteiger partial charge on any atom is -0.379 e. The van der Waals surface area contributed by atoms with Gasteiger partial charge in [-0.15, -0.1) is 0 Å². The van der Waals surface area contributed by atoms with Crippen molar-refractivity contribution >= 4 is 11.6 Å². The van der Waals surface area contributed by atoms with Crippen LogP contribution in [0, 0.1) is 10.8 Å². The Kier molecular flexibility index (Phi) is 11.3. The van der Waals surface area contributed by atoms with Crippen LogP contribution in [-0.4, -0.2) is 51.2 Å². The van der Waals surface area contributed by atoms with Gasteiger partial charge in [-0.2, -0.15) is 0 Å². The normalized spacial score (nSPS) is 12.4. The van der Waals surface area contributed by atoms with Crippen molar-refractivity contribution in [3.8, 4) is 0 Å². The van der Waals surface area contributed by atoms with E-state index in [1.165, 1.54) is 0 Å². The summed E-state index contributed by atoms with van der Waals surface area (Å²) >= 11 is 0. The molecule has 0 aromatic rings. The average Bonchev–Trinajstić information content (AvgIpc) is 2.41. The minimum atomic E-state index is -0.266. The highest BCUT2D eigenvalue weighted by Gasteiger charge is 2.20. The highest BCUT2D eigenvalue weighted by atomic mass is 16.5. The quantitative estimate of drug-likeness (QED) is 0.479. The van der Waals surface area contributed by atoms with Crippen molar-refractivity contribution in [3.05, 3.63) is 0 Å². The van der Waals surface area contributed by atoms with Crippen molar-refractivity contribution in [3.63, 3.8) is 0 Å². The number of carbonyl (C=O) groups excluding carboxylic acids is 2. The molecule has 0 aromatic heterocycles. The second-order valence-electron chi connectivity index (χ2n) is 8.33. The van der Waals surface area contributed by atoms with Gasteiger partial charge in [0.05, 0.1) is 26.4 Å². The fourth-order valence-electron chi connectivity index (χ4n) is 1.98. The van der Waals surface area contributed by atoms with Gasteiger partial charge in [0, 0.05) is 24.9 Å². The van der Waals surface area contributed by atoms with Gasteiger partial charge in [0.2, 0.25) is 0 Å². The Bertz CT molecular complexity index is 363. The summed E-state index contributed by atoms with van der Waals surface area (Å²) < 4.78 is 16.1. The lowest BCUT2D eigenvalue weighted by Crippen LogP contribution is -2.20. The first-order chi connectivity index (χ1) is 11.0. The van der Waals surface area contributed by atoms with Crippen molar-refractivity contribution < 1.29 is 23.8 Å². The summed E-state index contributed by atoms with van der Waals surface area (Å²) in [5.41, 5.74) is -0.261. The molecule has 24 heavy (non-hydrogen) atoms. The molecule has 0 saturated carbocycles. The number of carbonyl (C=O) groups is 2. The maximum absolute atomic E-state index is 11.7. The van der Waals surface area contributed by atoms with Crippen LogP contribution in [0.2, 0.25) is 0 Å². The van der Waals surface area contributed by atoms with Gasteiger partial charge in [0.25, 0.3) is 0 Å². The topological polar surface area (TPSA) is 61.8 Å². The Hall–Kier alpha value is -0.780. The van der Waals surface area contributed by atoms with E-state index in [2.05, 4.69) is 0 Å². The predicted molar refractivity (Wildman–Crippen MR) is 95.2 cm³/mol. The molecule has 0 amide bonds. The van der Waals surface area contributed by atoms with E-state index in [0.717, 1.165) is 6.42 Å². The molecule has 0 fully saturated rings. The van der Waals surface area contributed by atoms with Crippen LogP contribution in [0.4, 0.5) is 0 Å². The number of rotatable bonds is 13. The molecule has 0 rings (SSSR count). The van der Waals surface area contributed by atoms with Crippen LogP contribution in [0.5, 0.6) is 0 Å². The van der Waals surface area contributed by atoms with Crippen molar-refractivity contribution in [2.24, 2.45) is 10.8 Å². The second-order valence-corrected chi connectivity index (χ2v) is 8.33. The monoisotopic (exact) mass is 344 g/mol. The van der Waals surface area contributed by atoms with Gasteiger partial charge in [-0.1, -0.05) is 41.5 Å². The standard InChI is InChI=1S/C19H36O5/c1-18(2,3)14-16(20)15-24-13-12-23-11-10-22-9-7-8-17(21)19(4,5)6/h7-15H2,1-6H3. The molecule has 0 atom stereocenters. The van der Waals surface area contributed by atoms with E-state index in [1.807, 2.05) is 41.5 Å². The fourth-order valence-corrected chi connectivity index (χ4v) is 1.98. The lowest BCUT2D eigenvalue weighted by molar-refractivity contribution is -0.126. The van der Waals surface area contributed by atoms with E-state index in [9.17, 15) is 9.59 Å². The van der Waals surface area contributed by atoms with Crippen molar-refractivity contribution in [2.75, 3.05) is 39.6 Å². The third-order valence-electron chi connectivity index (χ3n) is 3.26. The summed E-state index contributed by atoms with van der Waals surface area (Å²) in [4.78, 5) is 23.3. The van der Waals surface area contributed by atoms with Crippen molar-refractivity contribution in [2.45, 2.75) is 60.8 Å². The number of hydrogen-bond donors (Lipinski definition) is 0. The van der Waals surface area contributed by atoms with E-state index in [1.54, 1.807) is 0 Å². The summed E-state index contributed by atoms with van der Waals surface area (Å²) in [6.07, 6.45) is 1.83.